The Balaban J connectivity index is 1.19. The van der Waals surface area contributed by atoms with Crippen LogP contribution < -0.4 is 0 Å². The van der Waals surface area contributed by atoms with Gasteiger partial charge in [0.25, 0.3) is 0 Å². The van der Waals surface area contributed by atoms with Crippen LogP contribution in [0.15, 0.2) is 206 Å². The second kappa shape index (κ2) is 11.4. The van der Waals surface area contributed by atoms with Gasteiger partial charge in [0, 0.05) is 0 Å². The number of benzene rings is 11. The zero-order valence-electron chi connectivity index (χ0n) is 31.1. The van der Waals surface area contributed by atoms with E-state index in [0.29, 0.717) is 0 Å². The molecular formula is C57H34. The van der Waals surface area contributed by atoms with Crippen molar-refractivity contribution < 1.29 is 0 Å². The molecule has 0 fully saturated rings. The highest BCUT2D eigenvalue weighted by atomic mass is 14.5. The summed E-state index contributed by atoms with van der Waals surface area (Å²) in [6.07, 6.45) is 0. The smallest absolute Gasteiger partial charge is 0.0619 e. The molecule has 0 N–H and O–H groups in total. The molecule has 0 atom stereocenters. The first kappa shape index (κ1) is 31.0. The lowest BCUT2D eigenvalue weighted by molar-refractivity contribution is 0.795. The molecule has 57 heavy (non-hydrogen) atoms. The van der Waals surface area contributed by atoms with E-state index in [2.05, 4.69) is 206 Å². The zero-order chi connectivity index (χ0) is 37.2. The van der Waals surface area contributed by atoms with Gasteiger partial charge in [-0.2, -0.15) is 0 Å². The predicted octanol–water partition coefficient (Wildman–Crippen LogP) is 15.1. The Morgan fingerprint density at radius 1 is 0.228 bits per heavy atom. The number of rotatable bonds is 2. The molecule has 262 valence electrons. The third-order valence-electron chi connectivity index (χ3n) is 13.2. The van der Waals surface area contributed by atoms with Gasteiger partial charge in [-0.25, -0.2) is 0 Å². The molecule has 2 aliphatic carbocycles. The van der Waals surface area contributed by atoms with Crippen molar-refractivity contribution in [3.63, 3.8) is 0 Å². The Morgan fingerprint density at radius 2 is 0.737 bits per heavy atom. The topological polar surface area (TPSA) is 0 Å². The zero-order valence-corrected chi connectivity index (χ0v) is 31.1. The minimum atomic E-state index is -0.444. The summed E-state index contributed by atoms with van der Waals surface area (Å²) in [7, 11) is 0. The fourth-order valence-corrected chi connectivity index (χ4v) is 10.9. The minimum Gasteiger partial charge on any atom is -0.0619 e. The van der Waals surface area contributed by atoms with E-state index in [1.165, 1.54) is 121 Å². The molecule has 1 spiro atoms. The lowest BCUT2D eigenvalue weighted by Gasteiger charge is -2.31. The average molecular weight is 719 g/mol. The van der Waals surface area contributed by atoms with Crippen LogP contribution in [-0.2, 0) is 5.41 Å². The molecule has 0 saturated carbocycles. The fourth-order valence-electron chi connectivity index (χ4n) is 10.9. The summed E-state index contributed by atoms with van der Waals surface area (Å²) in [4.78, 5) is 0. The van der Waals surface area contributed by atoms with Crippen molar-refractivity contribution in [1.82, 2.24) is 0 Å². The highest BCUT2D eigenvalue weighted by Gasteiger charge is 2.52. The summed E-state index contributed by atoms with van der Waals surface area (Å²) >= 11 is 0. The van der Waals surface area contributed by atoms with Crippen molar-refractivity contribution in [3.8, 4) is 44.5 Å². The van der Waals surface area contributed by atoms with Gasteiger partial charge in [-0.15, -0.1) is 0 Å². The van der Waals surface area contributed by atoms with Gasteiger partial charge in [0.15, 0.2) is 0 Å². The number of hydrogen-bond donors (Lipinski definition) is 0. The third kappa shape index (κ3) is 4.07. The molecule has 2 aliphatic rings. The van der Waals surface area contributed by atoms with E-state index in [9.17, 15) is 0 Å². The van der Waals surface area contributed by atoms with Gasteiger partial charge in [0.05, 0.1) is 5.41 Å². The Morgan fingerprint density at radius 3 is 1.51 bits per heavy atom. The first-order valence-electron chi connectivity index (χ1n) is 20.0. The lowest BCUT2D eigenvalue weighted by atomic mass is 9.70. The maximum absolute atomic E-state index is 2.56. The molecule has 13 rings (SSSR count). The molecule has 0 unspecified atom stereocenters. The summed E-state index contributed by atoms with van der Waals surface area (Å²) < 4.78 is 0. The van der Waals surface area contributed by atoms with Crippen LogP contribution >= 0.6 is 0 Å². The quantitative estimate of drug-likeness (QED) is 0.123. The normalized spacial score (nSPS) is 13.4. The molecule has 0 bridgehead atoms. The van der Waals surface area contributed by atoms with Crippen LogP contribution in [-0.4, -0.2) is 0 Å². The van der Waals surface area contributed by atoms with Crippen molar-refractivity contribution in [2.45, 2.75) is 5.41 Å². The van der Waals surface area contributed by atoms with Gasteiger partial charge in [-0.1, -0.05) is 182 Å². The number of fused-ring (bicyclic) bond motifs is 16. The molecule has 0 heteroatoms. The minimum absolute atomic E-state index is 0.444. The van der Waals surface area contributed by atoms with E-state index in [4.69, 9.17) is 0 Å². The van der Waals surface area contributed by atoms with Crippen molar-refractivity contribution in [2.24, 2.45) is 0 Å². The predicted molar refractivity (Wildman–Crippen MR) is 241 cm³/mol. The summed E-state index contributed by atoms with van der Waals surface area (Å²) in [5, 5.41) is 12.7. The maximum Gasteiger partial charge on any atom is 0.0725 e. The molecule has 0 saturated heterocycles. The van der Waals surface area contributed by atoms with Gasteiger partial charge < -0.3 is 0 Å². The molecule has 0 aromatic heterocycles. The Kier molecular flexibility index (Phi) is 6.19. The average Bonchev–Trinajstić information content (AvgIpc) is 3.74. The molecular weight excluding hydrogens is 685 g/mol. The number of hydrogen-bond acceptors (Lipinski definition) is 0. The molecule has 0 heterocycles. The van der Waals surface area contributed by atoms with Gasteiger partial charge in [-0.3, -0.25) is 0 Å². The summed E-state index contributed by atoms with van der Waals surface area (Å²) in [5.74, 6) is 0. The van der Waals surface area contributed by atoms with Crippen molar-refractivity contribution in [3.05, 3.63) is 229 Å². The van der Waals surface area contributed by atoms with Crippen LogP contribution in [0.5, 0.6) is 0 Å². The fraction of sp³-hybridized carbons (Fsp3) is 0.0175. The monoisotopic (exact) mass is 718 g/mol. The van der Waals surface area contributed by atoms with E-state index >= 15 is 0 Å². The Labute approximate surface area is 330 Å². The van der Waals surface area contributed by atoms with E-state index in [1.54, 1.807) is 0 Å². The van der Waals surface area contributed by atoms with E-state index < -0.39 is 5.41 Å². The second-order valence-electron chi connectivity index (χ2n) is 15.9. The lowest BCUT2D eigenvalue weighted by Crippen LogP contribution is -2.25. The van der Waals surface area contributed by atoms with E-state index in [-0.39, 0.29) is 0 Å². The van der Waals surface area contributed by atoms with Gasteiger partial charge in [0.2, 0.25) is 0 Å². The highest BCUT2D eigenvalue weighted by Crippen LogP contribution is 2.65. The van der Waals surface area contributed by atoms with Crippen LogP contribution in [0.4, 0.5) is 0 Å². The molecule has 0 nitrogen and oxygen atoms in total. The summed E-state index contributed by atoms with van der Waals surface area (Å²) in [6.45, 7) is 0. The Hall–Kier alpha value is -7.28. The van der Waals surface area contributed by atoms with Crippen molar-refractivity contribution in [2.75, 3.05) is 0 Å². The summed E-state index contributed by atoms with van der Waals surface area (Å²) in [5.41, 5.74) is 15.4. The van der Waals surface area contributed by atoms with Gasteiger partial charge >= 0.3 is 0 Å². The molecule has 0 aliphatic heterocycles. The highest BCUT2D eigenvalue weighted by molar-refractivity contribution is 6.21. The van der Waals surface area contributed by atoms with Crippen LogP contribution in [0.1, 0.15) is 22.3 Å². The molecule has 11 aromatic carbocycles. The third-order valence-corrected chi connectivity index (χ3v) is 13.2. The van der Waals surface area contributed by atoms with Gasteiger partial charge in [0.1, 0.15) is 0 Å². The van der Waals surface area contributed by atoms with Crippen LogP contribution in [0, 0.1) is 0 Å². The summed E-state index contributed by atoms with van der Waals surface area (Å²) in [6, 6.07) is 77.8. The first-order chi connectivity index (χ1) is 28.3. The van der Waals surface area contributed by atoms with Crippen molar-refractivity contribution in [1.29, 1.82) is 0 Å². The SMILES string of the molecule is c1ccc2c(c1)-c1ccccc1C21c2ccccc2-c2c1cc1cc(-c3c4ccccc4cc4c3ccc3ccccc34)ccc1c2-c1ccc2ccccc2c1. The van der Waals surface area contributed by atoms with E-state index in [0.717, 1.165) is 0 Å². The Bertz CT molecular complexity index is 3480. The van der Waals surface area contributed by atoms with Crippen LogP contribution in [0.25, 0.3) is 98.4 Å². The maximum atomic E-state index is 2.56. The molecule has 0 amide bonds. The van der Waals surface area contributed by atoms with Crippen LogP contribution in [0.2, 0.25) is 0 Å². The van der Waals surface area contributed by atoms with Crippen molar-refractivity contribution >= 4 is 53.9 Å². The standard InChI is InChI=1S/C57H34/c1-2-15-37-31-40(26-25-35(37)13-1)55-44-29-28-39(54-43-18-6-4-16-38(43)33-49-42-17-5-3-14-36(42)27-30-47(49)54)32-41(44)34-53-56(55)48-21-9-12-24-52(48)57(53)50-22-10-7-19-45(50)46-20-8-11-23-51(46)57/h1-34H. The molecule has 0 radical (unpaired) electrons. The van der Waals surface area contributed by atoms with E-state index in [1.807, 2.05) is 0 Å². The first-order valence-corrected chi connectivity index (χ1v) is 20.0. The molecule has 11 aromatic rings. The largest absolute Gasteiger partial charge is 0.0725 e. The van der Waals surface area contributed by atoms with Gasteiger partial charge in [-0.05, 0) is 145 Å². The second-order valence-corrected chi connectivity index (χ2v) is 15.9. The van der Waals surface area contributed by atoms with Crippen LogP contribution in [0.3, 0.4) is 0 Å².